The van der Waals surface area contributed by atoms with E-state index in [0.29, 0.717) is 25.8 Å². The van der Waals surface area contributed by atoms with Crippen molar-refractivity contribution in [3.05, 3.63) is 0 Å². The van der Waals surface area contributed by atoms with Gasteiger partial charge in [0.15, 0.2) is 0 Å². The van der Waals surface area contributed by atoms with Crippen LogP contribution in [0.1, 0.15) is 39.0 Å². The first-order valence-electron chi connectivity index (χ1n) is 7.60. The van der Waals surface area contributed by atoms with Crippen LogP contribution in [0.15, 0.2) is 0 Å². The van der Waals surface area contributed by atoms with Crippen molar-refractivity contribution in [3.8, 4) is 0 Å². The number of nitrogens with two attached hydrogens (primary N) is 1. The molecule has 9 heteroatoms. The number of aliphatic carboxylic acids is 1. The molecule has 0 aromatic carbocycles. The Labute approximate surface area is 135 Å². The SMILES string of the molecule is CC(=O)NCC(=O)N[C@@H](CCCCN)C(=O)NCCCC(=O)O. The van der Waals surface area contributed by atoms with Gasteiger partial charge in [-0.3, -0.25) is 19.2 Å². The minimum absolute atomic E-state index is 0.0347. The molecule has 9 nitrogen and oxygen atoms in total. The van der Waals surface area contributed by atoms with Crippen LogP contribution in [-0.4, -0.2) is 54.5 Å². The predicted molar refractivity (Wildman–Crippen MR) is 83.4 cm³/mol. The Morgan fingerprint density at radius 3 is 2.35 bits per heavy atom. The number of carbonyl (C=O) groups excluding carboxylic acids is 3. The van der Waals surface area contributed by atoms with Gasteiger partial charge < -0.3 is 26.8 Å². The monoisotopic (exact) mass is 330 g/mol. The summed E-state index contributed by atoms with van der Waals surface area (Å²) in [5, 5.41) is 16.0. The van der Waals surface area contributed by atoms with Gasteiger partial charge in [-0.15, -0.1) is 0 Å². The first-order chi connectivity index (χ1) is 10.9. The highest BCUT2D eigenvalue weighted by Crippen LogP contribution is 2.01. The summed E-state index contributed by atoms with van der Waals surface area (Å²) in [5.41, 5.74) is 5.41. The topological polar surface area (TPSA) is 151 Å². The van der Waals surface area contributed by atoms with Crippen molar-refractivity contribution in [3.63, 3.8) is 0 Å². The van der Waals surface area contributed by atoms with E-state index in [1.165, 1.54) is 6.92 Å². The Bertz CT molecular complexity index is 414. The zero-order chi connectivity index (χ0) is 17.7. The molecule has 0 unspecified atom stereocenters. The molecular weight excluding hydrogens is 304 g/mol. The maximum atomic E-state index is 12.1. The molecule has 6 N–H and O–H groups in total. The maximum Gasteiger partial charge on any atom is 0.303 e. The molecule has 0 saturated heterocycles. The zero-order valence-corrected chi connectivity index (χ0v) is 13.4. The molecule has 0 heterocycles. The van der Waals surface area contributed by atoms with E-state index < -0.39 is 17.9 Å². The average Bonchev–Trinajstić information content (AvgIpc) is 2.48. The Kier molecular flexibility index (Phi) is 11.2. The molecule has 0 bridgehead atoms. The summed E-state index contributed by atoms with van der Waals surface area (Å²) in [4.78, 5) is 45.0. The van der Waals surface area contributed by atoms with Crippen LogP contribution in [0.5, 0.6) is 0 Å². The maximum absolute atomic E-state index is 12.1. The van der Waals surface area contributed by atoms with Crippen LogP contribution in [0, 0.1) is 0 Å². The van der Waals surface area contributed by atoms with Crippen molar-refractivity contribution in [2.75, 3.05) is 19.6 Å². The molecule has 0 radical (unpaired) electrons. The van der Waals surface area contributed by atoms with E-state index in [1.807, 2.05) is 0 Å². The van der Waals surface area contributed by atoms with E-state index in [-0.39, 0.29) is 31.3 Å². The highest BCUT2D eigenvalue weighted by atomic mass is 16.4. The van der Waals surface area contributed by atoms with Gasteiger partial charge >= 0.3 is 5.97 Å². The third-order valence-electron chi connectivity index (χ3n) is 2.96. The molecule has 0 aliphatic heterocycles. The number of nitrogens with one attached hydrogen (secondary N) is 3. The van der Waals surface area contributed by atoms with E-state index in [1.54, 1.807) is 0 Å². The van der Waals surface area contributed by atoms with Gasteiger partial charge in [0.2, 0.25) is 17.7 Å². The number of hydrogen-bond acceptors (Lipinski definition) is 5. The fourth-order valence-electron chi connectivity index (χ4n) is 1.79. The molecule has 0 aliphatic carbocycles. The van der Waals surface area contributed by atoms with Gasteiger partial charge in [-0.1, -0.05) is 0 Å². The van der Waals surface area contributed by atoms with Gasteiger partial charge in [0.25, 0.3) is 0 Å². The van der Waals surface area contributed by atoms with E-state index >= 15 is 0 Å². The second-order valence-electron chi connectivity index (χ2n) is 5.10. The summed E-state index contributed by atoms with van der Waals surface area (Å²) in [6.07, 6.45) is 2.10. The molecular formula is C14H26N4O5. The molecule has 0 spiro atoms. The molecule has 0 saturated carbocycles. The van der Waals surface area contributed by atoms with E-state index in [0.717, 1.165) is 6.42 Å². The number of rotatable bonds is 12. The summed E-state index contributed by atoms with van der Waals surface area (Å²) >= 11 is 0. The Morgan fingerprint density at radius 1 is 1.09 bits per heavy atom. The van der Waals surface area contributed by atoms with Crippen molar-refractivity contribution in [1.29, 1.82) is 0 Å². The summed E-state index contributed by atoms with van der Waals surface area (Å²) in [5.74, 6) is -2.09. The van der Waals surface area contributed by atoms with Gasteiger partial charge in [-0.05, 0) is 32.2 Å². The van der Waals surface area contributed by atoms with E-state index in [2.05, 4.69) is 16.0 Å². The van der Waals surface area contributed by atoms with E-state index in [9.17, 15) is 19.2 Å². The van der Waals surface area contributed by atoms with Crippen LogP contribution in [-0.2, 0) is 19.2 Å². The lowest BCUT2D eigenvalue weighted by atomic mass is 10.1. The number of unbranched alkanes of at least 4 members (excludes halogenated alkanes) is 1. The molecule has 0 aromatic heterocycles. The molecule has 0 fully saturated rings. The minimum Gasteiger partial charge on any atom is -0.481 e. The summed E-state index contributed by atoms with van der Waals surface area (Å²) in [6, 6.07) is -0.729. The normalized spacial score (nSPS) is 11.4. The first kappa shape index (κ1) is 20.8. The van der Waals surface area contributed by atoms with Gasteiger partial charge in [-0.2, -0.15) is 0 Å². The highest BCUT2D eigenvalue weighted by molar-refractivity contribution is 5.89. The van der Waals surface area contributed by atoms with Gasteiger partial charge in [0.05, 0.1) is 6.54 Å². The first-order valence-corrected chi connectivity index (χ1v) is 7.60. The van der Waals surface area contributed by atoms with Crippen LogP contribution in [0.3, 0.4) is 0 Å². The summed E-state index contributed by atoms with van der Waals surface area (Å²) < 4.78 is 0. The van der Waals surface area contributed by atoms with Crippen molar-refractivity contribution in [1.82, 2.24) is 16.0 Å². The standard InChI is InChI=1S/C14H26N4O5/c1-10(19)17-9-12(20)18-11(5-2-3-7-15)14(23)16-8-4-6-13(21)22/h11H,2-9,15H2,1H3,(H,16,23)(H,17,19)(H,18,20)(H,21,22)/t11-/m0/s1. The Balaban J connectivity index is 4.35. The van der Waals surface area contributed by atoms with Crippen LogP contribution < -0.4 is 21.7 Å². The molecule has 1 atom stereocenters. The van der Waals surface area contributed by atoms with Gasteiger partial charge in [0, 0.05) is 19.9 Å². The van der Waals surface area contributed by atoms with Gasteiger partial charge in [0.1, 0.15) is 6.04 Å². The van der Waals surface area contributed by atoms with Crippen molar-refractivity contribution in [2.24, 2.45) is 5.73 Å². The summed E-state index contributed by atoms with van der Waals surface area (Å²) in [6.45, 7) is 1.81. The Morgan fingerprint density at radius 2 is 1.78 bits per heavy atom. The third-order valence-corrected chi connectivity index (χ3v) is 2.96. The van der Waals surface area contributed by atoms with Crippen LogP contribution in [0.4, 0.5) is 0 Å². The molecule has 132 valence electrons. The van der Waals surface area contributed by atoms with Crippen molar-refractivity contribution < 1.29 is 24.3 Å². The minimum atomic E-state index is -0.928. The molecule has 3 amide bonds. The molecule has 0 aromatic rings. The largest absolute Gasteiger partial charge is 0.481 e. The quantitative estimate of drug-likeness (QED) is 0.281. The highest BCUT2D eigenvalue weighted by Gasteiger charge is 2.20. The lowest BCUT2D eigenvalue weighted by Crippen LogP contribution is -2.49. The smallest absolute Gasteiger partial charge is 0.303 e. The number of amides is 3. The number of carboxylic acids is 1. The van der Waals surface area contributed by atoms with Crippen molar-refractivity contribution >= 4 is 23.7 Å². The van der Waals surface area contributed by atoms with Crippen LogP contribution in [0.2, 0.25) is 0 Å². The zero-order valence-electron chi connectivity index (χ0n) is 13.4. The number of hydrogen-bond donors (Lipinski definition) is 5. The molecule has 23 heavy (non-hydrogen) atoms. The summed E-state index contributed by atoms with van der Waals surface area (Å²) in [7, 11) is 0. The second kappa shape index (κ2) is 12.4. The van der Waals surface area contributed by atoms with Crippen molar-refractivity contribution in [2.45, 2.75) is 45.1 Å². The Hall–Kier alpha value is -2.16. The lowest BCUT2D eigenvalue weighted by Gasteiger charge is -2.18. The van der Waals surface area contributed by atoms with Gasteiger partial charge in [-0.25, -0.2) is 0 Å². The lowest BCUT2D eigenvalue weighted by molar-refractivity contribution is -0.137. The molecule has 0 aliphatic rings. The number of carbonyl (C=O) groups is 4. The fraction of sp³-hybridized carbons (Fsp3) is 0.714. The van der Waals surface area contributed by atoms with Crippen LogP contribution in [0.25, 0.3) is 0 Å². The average molecular weight is 330 g/mol. The van der Waals surface area contributed by atoms with E-state index in [4.69, 9.17) is 10.8 Å². The second-order valence-corrected chi connectivity index (χ2v) is 5.10. The predicted octanol–water partition coefficient (Wildman–Crippen LogP) is -1.28. The number of carboxylic acid groups (broad SMARTS) is 1. The third kappa shape index (κ3) is 12.1. The van der Waals surface area contributed by atoms with Crippen LogP contribution >= 0.6 is 0 Å². The fourth-order valence-corrected chi connectivity index (χ4v) is 1.79. The molecule has 0 rings (SSSR count).